The molecule has 8 rings (SSSR count). The molecule has 4 aromatic rings. The predicted molar refractivity (Wildman–Crippen MR) is 216 cm³/mol. The van der Waals surface area contributed by atoms with Crippen molar-refractivity contribution in [1.29, 1.82) is 0 Å². The number of rotatable bonds is 1. The van der Waals surface area contributed by atoms with Crippen molar-refractivity contribution >= 4 is 45.7 Å². The molecular weight excluding hydrogens is 715 g/mol. The predicted octanol–water partition coefficient (Wildman–Crippen LogP) is 12.7. The molecule has 4 aliphatic carbocycles. The van der Waals surface area contributed by atoms with Crippen molar-refractivity contribution in [2.75, 3.05) is 0 Å². The van der Waals surface area contributed by atoms with Crippen LogP contribution in [0.15, 0.2) is 103 Å². The van der Waals surface area contributed by atoms with Crippen LogP contribution < -0.4 is 0 Å². The summed E-state index contributed by atoms with van der Waals surface area (Å²) in [6.07, 6.45) is 12.8. The van der Waals surface area contributed by atoms with Crippen LogP contribution in [-0.4, -0.2) is 4.21 Å². The van der Waals surface area contributed by atoms with Crippen LogP contribution in [0.25, 0.3) is 27.8 Å². The number of halogens is 2. The smallest absolute Gasteiger partial charge is 0.171 e. The fourth-order valence-electron chi connectivity index (χ4n) is 7.38. The van der Waals surface area contributed by atoms with Gasteiger partial charge >= 0.3 is 28.4 Å². The maximum absolute atomic E-state index is 3.65. The third kappa shape index (κ3) is 8.92. The van der Waals surface area contributed by atoms with Crippen LogP contribution in [0.3, 0.4) is 0 Å². The van der Waals surface area contributed by atoms with Gasteiger partial charge in [-0.1, -0.05) is 108 Å². The maximum Gasteiger partial charge on any atom is -0.171 e. The third-order valence-electron chi connectivity index (χ3n) is 9.39. The Kier molecular flexibility index (Phi) is 15.0. The van der Waals surface area contributed by atoms with E-state index in [1.54, 1.807) is 0 Å². The average molecular weight is 765 g/mol. The van der Waals surface area contributed by atoms with Crippen molar-refractivity contribution in [3.05, 3.63) is 167 Å². The van der Waals surface area contributed by atoms with E-state index in [1.807, 2.05) is 36.4 Å². The fourth-order valence-corrected chi connectivity index (χ4v) is 7.38. The van der Waals surface area contributed by atoms with Gasteiger partial charge in [0.1, 0.15) is 0 Å². The summed E-state index contributed by atoms with van der Waals surface area (Å²) >= 11 is 1.30. The van der Waals surface area contributed by atoms with E-state index in [2.05, 4.69) is 139 Å². The summed E-state index contributed by atoms with van der Waals surface area (Å²) < 4.78 is 3.34. The summed E-state index contributed by atoms with van der Waals surface area (Å²) in [5, 5.41) is 0. The molecule has 0 nitrogen and oxygen atoms in total. The molecule has 0 fully saturated rings. The number of hydrogen-bond acceptors (Lipinski definition) is 0. The second-order valence-electron chi connectivity index (χ2n) is 13.8. The molecule has 1 unspecified atom stereocenters. The van der Waals surface area contributed by atoms with Crippen molar-refractivity contribution in [2.24, 2.45) is 5.92 Å². The zero-order valence-electron chi connectivity index (χ0n) is 30.5. The molecule has 0 heterocycles. The quantitative estimate of drug-likeness (QED) is 0.149. The van der Waals surface area contributed by atoms with Gasteiger partial charge in [-0.25, -0.2) is 11.1 Å². The molecular formula is C46H50Cl2Zr-4. The molecule has 0 radical (unpaired) electrons. The minimum Gasteiger partial charge on any atom is -0.358 e. The fraction of sp³-hybridized carbons (Fsp3) is 0.261. The third-order valence-corrected chi connectivity index (χ3v) is 9.39. The summed E-state index contributed by atoms with van der Waals surface area (Å²) in [4.78, 5) is 0. The number of fused-ring (bicyclic) bond motifs is 5. The van der Waals surface area contributed by atoms with E-state index in [-0.39, 0.29) is 43.1 Å². The van der Waals surface area contributed by atoms with Gasteiger partial charge in [0.15, 0.2) is 0 Å². The van der Waals surface area contributed by atoms with Crippen molar-refractivity contribution in [3.63, 3.8) is 0 Å². The molecule has 0 saturated carbocycles. The van der Waals surface area contributed by atoms with Gasteiger partial charge in [-0.2, -0.15) is 53.6 Å². The van der Waals surface area contributed by atoms with Gasteiger partial charge < -0.3 is 7.43 Å². The largest absolute Gasteiger partial charge is 0.358 e. The molecule has 0 spiro atoms. The van der Waals surface area contributed by atoms with Gasteiger partial charge in [0, 0.05) is 5.41 Å². The van der Waals surface area contributed by atoms with Crippen LogP contribution in [0, 0.1) is 31.6 Å². The van der Waals surface area contributed by atoms with E-state index in [0.29, 0.717) is 5.92 Å². The Bertz CT molecular complexity index is 1760. The van der Waals surface area contributed by atoms with E-state index in [1.165, 1.54) is 96.6 Å². The molecule has 49 heavy (non-hydrogen) atoms. The molecule has 1 atom stereocenters. The number of benzene rings is 4. The van der Waals surface area contributed by atoms with Gasteiger partial charge in [-0.15, -0.1) is 42.0 Å². The Morgan fingerprint density at radius 1 is 0.714 bits per heavy atom. The number of allylic oxidation sites excluding steroid dienone is 8. The molecule has 4 aliphatic rings. The molecule has 0 bridgehead atoms. The minimum absolute atomic E-state index is 0. The first-order valence-corrected chi connectivity index (χ1v) is 18.0. The Morgan fingerprint density at radius 2 is 1.27 bits per heavy atom. The van der Waals surface area contributed by atoms with Crippen molar-refractivity contribution < 1.29 is 24.2 Å². The van der Waals surface area contributed by atoms with Crippen LogP contribution in [-0.2, 0) is 41.5 Å². The Hall–Kier alpha value is -2.83. The molecule has 256 valence electrons. The molecule has 0 saturated heterocycles. The van der Waals surface area contributed by atoms with Crippen LogP contribution in [0.2, 0.25) is 0 Å². The molecule has 4 aromatic carbocycles. The first kappa shape index (κ1) is 42.3. The molecule has 0 aliphatic heterocycles. The molecule has 0 N–H and O–H groups in total. The van der Waals surface area contributed by atoms with Crippen molar-refractivity contribution in [3.8, 4) is 11.1 Å². The summed E-state index contributed by atoms with van der Waals surface area (Å²) in [5.41, 5.74) is 18.5. The van der Waals surface area contributed by atoms with Gasteiger partial charge in [-0.05, 0) is 58.4 Å². The Balaban J connectivity index is 0.000000293. The van der Waals surface area contributed by atoms with Crippen LogP contribution >= 0.6 is 24.8 Å². The summed E-state index contributed by atoms with van der Waals surface area (Å²) in [7, 11) is 0. The second kappa shape index (κ2) is 17.4. The topological polar surface area (TPSA) is 0 Å². The second-order valence-corrected chi connectivity index (χ2v) is 13.8. The minimum atomic E-state index is 0. The average Bonchev–Trinajstić information content (AvgIpc) is 3.72. The summed E-state index contributed by atoms with van der Waals surface area (Å²) in [6, 6.07) is 32.8. The van der Waals surface area contributed by atoms with Gasteiger partial charge in [0.05, 0.1) is 0 Å². The first-order chi connectivity index (χ1) is 21.9. The zero-order chi connectivity index (χ0) is 33.2. The monoisotopic (exact) mass is 762 g/mol. The Morgan fingerprint density at radius 3 is 1.78 bits per heavy atom. The van der Waals surface area contributed by atoms with Gasteiger partial charge in [-0.3, -0.25) is 12.2 Å². The molecule has 0 amide bonds. The van der Waals surface area contributed by atoms with Crippen LogP contribution in [0.4, 0.5) is 0 Å². The number of hydrogen-bond donors (Lipinski definition) is 0. The Labute approximate surface area is 324 Å². The van der Waals surface area contributed by atoms with E-state index < -0.39 is 0 Å². The van der Waals surface area contributed by atoms with Crippen molar-refractivity contribution in [2.45, 2.75) is 72.6 Å². The summed E-state index contributed by atoms with van der Waals surface area (Å²) in [6.45, 7) is 18.0. The molecule has 0 aromatic heterocycles. The van der Waals surface area contributed by atoms with Crippen molar-refractivity contribution in [1.82, 2.24) is 0 Å². The van der Waals surface area contributed by atoms with E-state index in [0.717, 1.165) is 6.42 Å². The SMILES string of the molecule is CC1=[C-]C(C)(C)c2cc3c(cc21)-c1cc2c(cc1C3)C(C)(C)C=C2C.CC1=[C-]C(C)C=C1c1ccccc1.Cl.Cl.[CH2]=[Zr].[CH3-].[c-]1ccccc1. The molecule has 3 heteroatoms. The van der Waals surface area contributed by atoms with Gasteiger partial charge in [0.2, 0.25) is 0 Å². The first-order valence-electron chi connectivity index (χ1n) is 16.3. The van der Waals surface area contributed by atoms with Crippen LogP contribution in [0.1, 0.15) is 94.3 Å². The van der Waals surface area contributed by atoms with Crippen LogP contribution in [0.5, 0.6) is 0 Å². The normalized spacial score (nSPS) is 17.2. The van der Waals surface area contributed by atoms with E-state index >= 15 is 0 Å². The maximum atomic E-state index is 3.65. The van der Waals surface area contributed by atoms with E-state index in [4.69, 9.17) is 0 Å². The van der Waals surface area contributed by atoms with E-state index in [9.17, 15) is 0 Å². The summed E-state index contributed by atoms with van der Waals surface area (Å²) in [5.74, 6) is 0.468. The standard InChI is InChI=1S/C25H25.C13H13.C6H5.CH3.CH2.2ClH.Zr/c1-14-12-24(3,4)22-8-16-7-17-9-23-19(15(2)13-25(23,5)6)11-21(17)20(16)10-18(14)22;1-10-8-11(2)13(9-10)12-6-4-3-5-7-12;1-2-4-6-5-3-1;;;;;/h8-12H,7H2,1-6H3;3-7,9-10H,1-2H3;1-5H;1H3;1H2;2*1H;/q4*-1;;;;. The zero-order valence-corrected chi connectivity index (χ0v) is 34.6. The van der Waals surface area contributed by atoms with Gasteiger partial charge in [0.25, 0.3) is 0 Å².